The largest absolute Gasteiger partial charge is 0.465 e. The van der Waals surface area contributed by atoms with Gasteiger partial charge in [0.1, 0.15) is 5.67 Å². The minimum Gasteiger partial charge on any atom is -0.465 e. The van der Waals surface area contributed by atoms with Crippen molar-refractivity contribution in [3.05, 3.63) is 35.4 Å². The molecule has 0 spiro atoms. The highest BCUT2D eigenvalue weighted by Crippen LogP contribution is 2.24. The third kappa shape index (κ3) is 2.31. The number of benzene rings is 1. The summed E-state index contributed by atoms with van der Waals surface area (Å²) in [5.74, 6) is -0.409. The summed E-state index contributed by atoms with van der Waals surface area (Å²) in [6, 6.07) is 6.30. The van der Waals surface area contributed by atoms with Crippen molar-refractivity contribution < 1.29 is 13.9 Å². The maximum Gasteiger partial charge on any atom is 0.337 e. The molecular weight excluding hydrogens is 183 g/mol. The highest BCUT2D eigenvalue weighted by Gasteiger charge is 2.18. The zero-order valence-electron chi connectivity index (χ0n) is 8.50. The zero-order valence-corrected chi connectivity index (χ0v) is 8.50. The van der Waals surface area contributed by atoms with E-state index in [1.54, 1.807) is 24.3 Å². The fourth-order valence-corrected chi connectivity index (χ4v) is 1.12. The molecule has 14 heavy (non-hydrogen) atoms. The van der Waals surface area contributed by atoms with E-state index in [2.05, 4.69) is 4.74 Å². The van der Waals surface area contributed by atoms with Crippen molar-refractivity contribution >= 4 is 5.97 Å². The zero-order chi connectivity index (χ0) is 10.8. The second-order valence-corrected chi connectivity index (χ2v) is 3.54. The number of carbonyl (C=O) groups excluding carboxylic acids is 1. The molecule has 0 radical (unpaired) electrons. The van der Waals surface area contributed by atoms with Gasteiger partial charge in [-0.25, -0.2) is 9.18 Å². The Kier molecular flexibility index (Phi) is 2.89. The topological polar surface area (TPSA) is 26.3 Å². The van der Waals surface area contributed by atoms with Crippen molar-refractivity contribution in [1.29, 1.82) is 0 Å². The molecule has 1 rings (SSSR count). The van der Waals surface area contributed by atoms with Gasteiger partial charge in [0.25, 0.3) is 0 Å². The summed E-state index contributed by atoms with van der Waals surface area (Å²) in [6.45, 7) is 2.94. The van der Waals surface area contributed by atoms with Crippen LogP contribution in [0.25, 0.3) is 0 Å². The highest BCUT2D eigenvalue weighted by molar-refractivity contribution is 5.89. The fraction of sp³-hybridized carbons (Fsp3) is 0.364. The quantitative estimate of drug-likeness (QED) is 0.680. The lowest BCUT2D eigenvalue weighted by atomic mass is 9.99. The molecule has 0 aromatic heterocycles. The van der Waals surface area contributed by atoms with Crippen LogP contribution in [-0.4, -0.2) is 13.1 Å². The van der Waals surface area contributed by atoms with Crippen LogP contribution in [0.1, 0.15) is 29.8 Å². The first kappa shape index (κ1) is 10.7. The van der Waals surface area contributed by atoms with Crippen molar-refractivity contribution in [1.82, 2.24) is 0 Å². The van der Waals surface area contributed by atoms with Gasteiger partial charge in [-0.3, -0.25) is 0 Å². The lowest BCUT2D eigenvalue weighted by Gasteiger charge is -2.14. The second kappa shape index (κ2) is 3.78. The number of esters is 1. The number of ether oxygens (including phenoxy) is 1. The minimum absolute atomic E-state index is 0.409. The molecule has 0 N–H and O–H groups in total. The second-order valence-electron chi connectivity index (χ2n) is 3.54. The van der Waals surface area contributed by atoms with Gasteiger partial charge in [0, 0.05) is 0 Å². The molecule has 1 aromatic carbocycles. The van der Waals surface area contributed by atoms with E-state index < -0.39 is 11.6 Å². The summed E-state index contributed by atoms with van der Waals surface area (Å²) < 4.78 is 17.9. The lowest BCUT2D eigenvalue weighted by molar-refractivity contribution is 0.0600. The van der Waals surface area contributed by atoms with Crippen LogP contribution in [0.15, 0.2) is 24.3 Å². The molecule has 0 unspecified atom stereocenters. The Morgan fingerprint density at radius 2 is 1.79 bits per heavy atom. The van der Waals surface area contributed by atoms with E-state index in [4.69, 9.17) is 0 Å². The SMILES string of the molecule is COC(=O)c1ccc(C(C)(C)F)cc1. The molecule has 0 amide bonds. The smallest absolute Gasteiger partial charge is 0.337 e. The van der Waals surface area contributed by atoms with Gasteiger partial charge in [0.2, 0.25) is 0 Å². The van der Waals surface area contributed by atoms with Crippen molar-refractivity contribution in [2.75, 3.05) is 7.11 Å². The van der Waals surface area contributed by atoms with Gasteiger partial charge in [-0.15, -0.1) is 0 Å². The summed E-state index contributed by atoms with van der Waals surface area (Å²) in [5.41, 5.74) is -0.403. The van der Waals surface area contributed by atoms with Crippen LogP contribution in [0.3, 0.4) is 0 Å². The molecule has 0 fully saturated rings. The Morgan fingerprint density at radius 1 is 1.29 bits per heavy atom. The minimum atomic E-state index is -1.38. The van der Waals surface area contributed by atoms with Crippen molar-refractivity contribution in [2.45, 2.75) is 19.5 Å². The number of methoxy groups -OCH3 is 1. The Morgan fingerprint density at radius 3 is 2.14 bits per heavy atom. The van der Waals surface area contributed by atoms with E-state index in [1.807, 2.05) is 0 Å². The van der Waals surface area contributed by atoms with Crippen LogP contribution in [-0.2, 0) is 10.4 Å². The van der Waals surface area contributed by atoms with E-state index in [0.29, 0.717) is 11.1 Å². The summed E-state index contributed by atoms with van der Waals surface area (Å²) in [6.07, 6.45) is 0. The number of hydrogen-bond donors (Lipinski definition) is 0. The molecule has 0 heterocycles. The number of hydrogen-bond acceptors (Lipinski definition) is 2. The van der Waals surface area contributed by atoms with Crippen molar-refractivity contribution in [3.8, 4) is 0 Å². The summed E-state index contributed by atoms with van der Waals surface area (Å²) in [4.78, 5) is 11.1. The van der Waals surface area contributed by atoms with Crippen LogP contribution in [0.2, 0.25) is 0 Å². The Balaban J connectivity index is 2.95. The van der Waals surface area contributed by atoms with Crippen molar-refractivity contribution in [3.63, 3.8) is 0 Å². The molecule has 76 valence electrons. The van der Waals surface area contributed by atoms with Gasteiger partial charge in [0.05, 0.1) is 12.7 Å². The monoisotopic (exact) mass is 196 g/mol. The maximum absolute atomic E-state index is 13.4. The first-order valence-corrected chi connectivity index (χ1v) is 4.33. The van der Waals surface area contributed by atoms with E-state index >= 15 is 0 Å². The predicted molar refractivity (Wildman–Crippen MR) is 51.9 cm³/mol. The molecule has 2 nitrogen and oxygen atoms in total. The van der Waals surface area contributed by atoms with Gasteiger partial charge < -0.3 is 4.74 Å². The molecule has 3 heteroatoms. The van der Waals surface area contributed by atoms with Crippen LogP contribution in [0, 0.1) is 0 Å². The third-order valence-electron chi connectivity index (χ3n) is 1.99. The summed E-state index contributed by atoms with van der Waals surface area (Å²) in [7, 11) is 1.31. The average Bonchev–Trinajstić information content (AvgIpc) is 2.15. The first-order valence-electron chi connectivity index (χ1n) is 4.33. The molecule has 0 atom stereocenters. The Labute approximate surface area is 82.7 Å². The number of alkyl halides is 1. The van der Waals surface area contributed by atoms with E-state index in [1.165, 1.54) is 21.0 Å². The van der Waals surface area contributed by atoms with Gasteiger partial charge in [-0.1, -0.05) is 12.1 Å². The molecule has 0 aliphatic heterocycles. The van der Waals surface area contributed by atoms with E-state index in [9.17, 15) is 9.18 Å². The van der Waals surface area contributed by atoms with Gasteiger partial charge in [-0.05, 0) is 31.5 Å². The highest BCUT2D eigenvalue weighted by atomic mass is 19.1. The van der Waals surface area contributed by atoms with Crippen LogP contribution < -0.4 is 0 Å². The average molecular weight is 196 g/mol. The summed E-state index contributed by atoms with van der Waals surface area (Å²) in [5, 5.41) is 0. The van der Waals surface area contributed by atoms with E-state index in [0.717, 1.165) is 0 Å². The van der Waals surface area contributed by atoms with Crippen LogP contribution in [0.5, 0.6) is 0 Å². The van der Waals surface area contributed by atoms with Crippen LogP contribution >= 0.6 is 0 Å². The molecular formula is C11H13FO2. The number of halogens is 1. The lowest BCUT2D eigenvalue weighted by Crippen LogP contribution is -2.09. The molecule has 0 aliphatic rings. The molecule has 0 aliphatic carbocycles. The standard InChI is InChI=1S/C11H13FO2/c1-11(2,12)9-6-4-8(5-7-9)10(13)14-3/h4-7H,1-3H3. The van der Waals surface area contributed by atoms with Crippen molar-refractivity contribution in [2.24, 2.45) is 0 Å². The number of carbonyl (C=O) groups is 1. The molecule has 1 aromatic rings. The fourth-order valence-electron chi connectivity index (χ4n) is 1.12. The predicted octanol–water partition coefficient (Wildman–Crippen LogP) is 2.68. The molecule has 0 saturated carbocycles. The molecule has 0 saturated heterocycles. The normalized spacial score (nSPS) is 11.1. The van der Waals surface area contributed by atoms with Gasteiger partial charge in [0.15, 0.2) is 0 Å². The van der Waals surface area contributed by atoms with Gasteiger partial charge >= 0.3 is 5.97 Å². The van der Waals surface area contributed by atoms with Gasteiger partial charge in [-0.2, -0.15) is 0 Å². The summed E-state index contributed by atoms with van der Waals surface area (Å²) >= 11 is 0. The molecule has 0 bridgehead atoms. The first-order chi connectivity index (χ1) is 6.45. The Bertz CT molecular complexity index is 322. The number of rotatable bonds is 2. The third-order valence-corrected chi connectivity index (χ3v) is 1.99. The maximum atomic E-state index is 13.4. The van der Waals surface area contributed by atoms with Crippen LogP contribution in [0.4, 0.5) is 4.39 Å². The van der Waals surface area contributed by atoms with E-state index in [-0.39, 0.29) is 0 Å². The Hall–Kier alpha value is -1.38.